The Kier molecular flexibility index (Phi) is 24.5. The van der Waals surface area contributed by atoms with Crippen molar-refractivity contribution in [3.05, 3.63) is 24.3 Å². The molecular weight excluding hydrogens is 574 g/mol. The van der Waals surface area contributed by atoms with Gasteiger partial charge in [-0.1, -0.05) is 155 Å². The van der Waals surface area contributed by atoms with E-state index in [1.165, 1.54) is 148 Å². The first kappa shape index (κ1) is 42.5. The fraction of sp³-hybridized carbons (Fsp3) is 0.909. The van der Waals surface area contributed by atoms with Gasteiger partial charge in [0.2, 0.25) is 0 Å². The van der Waals surface area contributed by atoms with Crippen LogP contribution in [0.5, 0.6) is 0 Å². The second-order valence-electron chi connectivity index (χ2n) is 16.2. The van der Waals surface area contributed by atoms with E-state index >= 15 is 0 Å². The molecule has 0 N–H and O–H groups in total. The zero-order valence-corrected chi connectivity index (χ0v) is 32.6. The molecule has 2 aliphatic heterocycles. The Hall–Kier alpha value is -0.640. The Morgan fingerprint density at radius 2 is 1.06 bits per heavy atom. The predicted octanol–water partition coefficient (Wildman–Crippen LogP) is 13.8. The molecule has 0 amide bonds. The van der Waals surface area contributed by atoms with Crippen molar-refractivity contribution in [2.45, 2.75) is 219 Å². The van der Waals surface area contributed by atoms with Crippen LogP contribution in [0.3, 0.4) is 0 Å². The van der Waals surface area contributed by atoms with E-state index in [2.05, 4.69) is 63.9 Å². The first-order valence-electron chi connectivity index (χ1n) is 21.3. The van der Waals surface area contributed by atoms with Gasteiger partial charge in [-0.3, -0.25) is 0 Å². The third kappa shape index (κ3) is 20.6. The molecule has 3 unspecified atom stereocenters. The summed E-state index contributed by atoms with van der Waals surface area (Å²) < 4.78 is 13.7. The van der Waals surface area contributed by atoms with Gasteiger partial charge < -0.3 is 14.4 Å². The molecular formula is C44H83NO2. The molecule has 0 saturated carbocycles. The summed E-state index contributed by atoms with van der Waals surface area (Å²) in [5, 5.41) is 0. The maximum absolute atomic E-state index is 7.02. The van der Waals surface area contributed by atoms with Crippen molar-refractivity contribution in [2.24, 2.45) is 11.8 Å². The van der Waals surface area contributed by atoms with Crippen molar-refractivity contribution in [1.29, 1.82) is 0 Å². The van der Waals surface area contributed by atoms with Crippen molar-refractivity contribution >= 4 is 0 Å². The van der Waals surface area contributed by atoms with E-state index in [9.17, 15) is 0 Å². The molecule has 3 nitrogen and oxygen atoms in total. The smallest absolute Gasteiger partial charge is 0.169 e. The molecule has 2 saturated heterocycles. The largest absolute Gasteiger partial charge is 0.347 e. The minimum absolute atomic E-state index is 0.0188. The molecule has 47 heavy (non-hydrogen) atoms. The van der Waals surface area contributed by atoms with Crippen molar-refractivity contribution in [3.63, 3.8) is 0 Å². The molecule has 0 aromatic rings. The van der Waals surface area contributed by atoms with Gasteiger partial charge in [0.1, 0.15) is 0 Å². The van der Waals surface area contributed by atoms with Gasteiger partial charge >= 0.3 is 0 Å². The third-order valence-electron chi connectivity index (χ3n) is 11.3. The van der Waals surface area contributed by atoms with Crippen LogP contribution in [-0.4, -0.2) is 43.0 Å². The Balaban J connectivity index is 1.58. The highest BCUT2D eigenvalue weighted by Gasteiger charge is 2.50. The van der Waals surface area contributed by atoms with Crippen LogP contribution < -0.4 is 0 Å². The molecule has 2 heterocycles. The fourth-order valence-electron chi connectivity index (χ4n) is 8.00. The van der Waals surface area contributed by atoms with Crippen LogP contribution in [0.2, 0.25) is 0 Å². The summed E-state index contributed by atoms with van der Waals surface area (Å²) in [6.07, 6.45) is 46.1. The van der Waals surface area contributed by atoms with Crippen molar-refractivity contribution in [1.82, 2.24) is 4.90 Å². The van der Waals surface area contributed by atoms with Crippen LogP contribution in [-0.2, 0) is 9.47 Å². The van der Waals surface area contributed by atoms with Crippen LogP contribution in [0.25, 0.3) is 0 Å². The van der Waals surface area contributed by atoms with Crippen LogP contribution in [0, 0.1) is 11.8 Å². The fourth-order valence-corrected chi connectivity index (χ4v) is 8.00. The second-order valence-corrected chi connectivity index (χ2v) is 16.2. The second kappa shape index (κ2) is 27.1. The van der Waals surface area contributed by atoms with Crippen LogP contribution in [0.4, 0.5) is 0 Å². The number of allylic oxidation sites excluding steroid dienone is 4. The molecule has 3 atom stereocenters. The first-order chi connectivity index (χ1) is 22.9. The lowest BCUT2D eigenvalue weighted by molar-refractivity contribution is -0.204. The highest BCUT2D eigenvalue weighted by Crippen LogP contribution is 2.43. The van der Waals surface area contributed by atoms with Crippen molar-refractivity contribution in [3.8, 4) is 0 Å². The summed E-state index contributed by atoms with van der Waals surface area (Å²) in [5.41, 5.74) is -0.0188. The lowest BCUT2D eigenvalue weighted by atomic mass is 9.89. The van der Waals surface area contributed by atoms with E-state index < -0.39 is 0 Å². The molecule has 0 aromatic carbocycles. The lowest BCUT2D eigenvalue weighted by Gasteiger charge is -2.38. The molecule has 3 heteroatoms. The van der Waals surface area contributed by atoms with Gasteiger partial charge in [-0.25, -0.2) is 0 Å². The summed E-state index contributed by atoms with van der Waals surface area (Å²) in [7, 11) is 2.25. The van der Waals surface area contributed by atoms with Crippen LogP contribution in [0.1, 0.15) is 207 Å². The zero-order valence-electron chi connectivity index (χ0n) is 32.6. The van der Waals surface area contributed by atoms with E-state index in [1.807, 2.05) is 0 Å². The van der Waals surface area contributed by atoms with Gasteiger partial charge in [0.15, 0.2) is 5.79 Å². The van der Waals surface area contributed by atoms with E-state index in [0.717, 1.165) is 63.6 Å². The number of hydrogen-bond donors (Lipinski definition) is 0. The first-order valence-corrected chi connectivity index (χ1v) is 21.3. The SMILES string of the molecule is CCCCC/C=C\C/C=C\CCCCCCCCC1(CCCCCCCCC(C)CC(C)CCCCC)OCC2(CCN(C)CC2)O1. The van der Waals surface area contributed by atoms with E-state index in [-0.39, 0.29) is 11.4 Å². The molecule has 0 bridgehead atoms. The lowest BCUT2D eigenvalue weighted by Crippen LogP contribution is -2.46. The summed E-state index contributed by atoms with van der Waals surface area (Å²) >= 11 is 0. The van der Waals surface area contributed by atoms with Gasteiger partial charge in [0.05, 0.1) is 12.2 Å². The van der Waals surface area contributed by atoms with E-state index in [1.54, 1.807) is 0 Å². The quantitative estimate of drug-likeness (QED) is 0.0567. The highest BCUT2D eigenvalue weighted by molar-refractivity contribution is 4.95. The van der Waals surface area contributed by atoms with Crippen molar-refractivity contribution in [2.75, 3.05) is 26.7 Å². The Bertz CT molecular complexity index is 769. The Morgan fingerprint density at radius 3 is 1.64 bits per heavy atom. The number of rotatable bonds is 30. The van der Waals surface area contributed by atoms with Crippen LogP contribution in [0.15, 0.2) is 24.3 Å². The van der Waals surface area contributed by atoms with Crippen LogP contribution >= 0.6 is 0 Å². The molecule has 2 rings (SSSR count). The minimum atomic E-state index is -0.311. The highest BCUT2D eigenvalue weighted by atomic mass is 16.8. The molecule has 276 valence electrons. The molecule has 2 fully saturated rings. The standard InChI is InChI=1S/C44H83NO2/c1-6-8-10-11-12-13-14-15-16-17-18-19-20-22-25-29-33-44(46-40-43(47-44)35-37-45(5)38-36-43)34-30-26-23-21-24-28-32-42(4)39-41(3)31-27-9-7-2/h12-13,15-16,41-42H,6-11,14,17-40H2,1-5H3/b13-12-,16-15-. The van der Waals surface area contributed by atoms with Gasteiger partial charge in [0.25, 0.3) is 0 Å². The van der Waals surface area contributed by atoms with Gasteiger partial charge in [0, 0.05) is 25.9 Å². The maximum atomic E-state index is 7.02. The number of ether oxygens (including phenoxy) is 2. The number of piperidine rings is 1. The zero-order chi connectivity index (χ0) is 33.9. The number of likely N-dealkylation sites (tertiary alicyclic amines) is 1. The predicted molar refractivity (Wildman–Crippen MR) is 207 cm³/mol. The average molecular weight is 658 g/mol. The molecule has 0 aliphatic carbocycles. The van der Waals surface area contributed by atoms with Gasteiger partial charge in [-0.2, -0.15) is 0 Å². The molecule has 0 aromatic heterocycles. The monoisotopic (exact) mass is 658 g/mol. The summed E-state index contributed by atoms with van der Waals surface area (Å²) in [6.45, 7) is 12.6. The third-order valence-corrected chi connectivity index (χ3v) is 11.3. The number of hydrogen-bond acceptors (Lipinski definition) is 3. The number of unbranched alkanes of at least 4 members (excludes halogenated alkanes) is 16. The normalized spacial score (nSPS) is 21.5. The Labute approximate surface area is 295 Å². The van der Waals surface area contributed by atoms with Gasteiger partial charge in [-0.05, 0) is 83.1 Å². The molecule has 2 aliphatic rings. The topological polar surface area (TPSA) is 21.7 Å². The Morgan fingerprint density at radius 1 is 0.596 bits per heavy atom. The summed E-state index contributed by atoms with van der Waals surface area (Å²) in [6, 6.07) is 0. The van der Waals surface area contributed by atoms with Crippen molar-refractivity contribution < 1.29 is 9.47 Å². The molecule has 1 spiro atoms. The number of nitrogens with zero attached hydrogens (tertiary/aromatic N) is 1. The summed E-state index contributed by atoms with van der Waals surface area (Å²) in [5.74, 6) is 1.50. The summed E-state index contributed by atoms with van der Waals surface area (Å²) in [4.78, 5) is 2.45. The van der Waals surface area contributed by atoms with E-state index in [0.29, 0.717) is 0 Å². The van der Waals surface area contributed by atoms with E-state index in [4.69, 9.17) is 9.47 Å². The molecule has 0 radical (unpaired) electrons. The minimum Gasteiger partial charge on any atom is -0.347 e. The van der Waals surface area contributed by atoms with Gasteiger partial charge in [-0.15, -0.1) is 0 Å². The average Bonchev–Trinajstić information content (AvgIpc) is 3.41. The maximum Gasteiger partial charge on any atom is 0.169 e.